The summed E-state index contributed by atoms with van der Waals surface area (Å²) in [5.74, 6) is 1.63. The molecule has 0 radical (unpaired) electrons. The van der Waals surface area contributed by atoms with Gasteiger partial charge in [0.2, 0.25) is 0 Å². The first-order chi connectivity index (χ1) is 7.77. The van der Waals surface area contributed by atoms with Crippen LogP contribution in [0.25, 0.3) is 0 Å². The molecule has 1 aliphatic carbocycles. The van der Waals surface area contributed by atoms with Gasteiger partial charge >= 0.3 is 0 Å². The van der Waals surface area contributed by atoms with Gasteiger partial charge < -0.3 is 10.1 Å². The van der Waals surface area contributed by atoms with Crippen LogP contribution < -0.4 is 5.32 Å². The second-order valence-corrected chi connectivity index (χ2v) is 5.57. The van der Waals surface area contributed by atoms with E-state index in [1.807, 2.05) is 0 Å². The minimum absolute atomic E-state index is 0.693. The Kier molecular flexibility index (Phi) is 4.62. The molecule has 3 nitrogen and oxygen atoms in total. The summed E-state index contributed by atoms with van der Waals surface area (Å²) in [5, 5.41) is 3.48. The Morgan fingerprint density at radius 3 is 2.88 bits per heavy atom. The van der Waals surface area contributed by atoms with E-state index in [0.29, 0.717) is 6.04 Å². The van der Waals surface area contributed by atoms with Gasteiger partial charge in [0, 0.05) is 38.8 Å². The van der Waals surface area contributed by atoms with Gasteiger partial charge in [-0.25, -0.2) is 0 Å². The molecule has 1 heterocycles. The van der Waals surface area contributed by atoms with Crippen LogP contribution in [0, 0.1) is 11.8 Å². The van der Waals surface area contributed by atoms with Crippen LogP contribution in [0.1, 0.15) is 26.7 Å². The molecule has 16 heavy (non-hydrogen) atoms. The van der Waals surface area contributed by atoms with E-state index in [1.54, 1.807) is 0 Å². The molecule has 0 aromatic heterocycles. The van der Waals surface area contributed by atoms with E-state index in [1.165, 1.54) is 19.4 Å². The number of nitrogens with one attached hydrogen (secondary N) is 1. The molecule has 1 saturated carbocycles. The van der Waals surface area contributed by atoms with E-state index in [-0.39, 0.29) is 0 Å². The molecule has 1 N–H and O–H groups in total. The van der Waals surface area contributed by atoms with E-state index >= 15 is 0 Å². The van der Waals surface area contributed by atoms with Crippen LogP contribution in [-0.4, -0.2) is 50.3 Å². The van der Waals surface area contributed by atoms with Gasteiger partial charge in [-0.2, -0.15) is 0 Å². The number of nitrogens with zero attached hydrogens (tertiary/aromatic N) is 1. The van der Waals surface area contributed by atoms with Crippen molar-refractivity contribution in [2.75, 3.05) is 39.4 Å². The smallest absolute Gasteiger partial charge is 0.0593 e. The van der Waals surface area contributed by atoms with Gasteiger partial charge in [-0.05, 0) is 24.7 Å². The number of hydrogen-bond acceptors (Lipinski definition) is 3. The summed E-state index contributed by atoms with van der Waals surface area (Å²) >= 11 is 0. The van der Waals surface area contributed by atoms with Crippen molar-refractivity contribution in [3.8, 4) is 0 Å². The second-order valence-electron chi connectivity index (χ2n) is 5.57. The third-order valence-electron chi connectivity index (χ3n) is 3.74. The number of rotatable bonds is 6. The maximum absolute atomic E-state index is 5.73. The molecule has 2 aliphatic rings. The van der Waals surface area contributed by atoms with Crippen LogP contribution in [0.15, 0.2) is 0 Å². The first kappa shape index (κ1) is 12.3. The van der Waals surface area contributed by atoms with Gasteiger partial charge in [0.15, 0.2) is 0 Å². The Hall–Kier alpha value is -0.120. The fraction of sp³-hybridized carbons (Fsp3) is 1.00. The summed E-state index contributed by atoms with van der Waals surface area (Å²) in [6, 6.07) is 0.693. The Labute approximate surface area is 99.5 Å². The van der Waals surface area contributed by atoms with Crippen molar-refractivity contribution in [3.63, 3.8) is 0 Å². The highest BCUT2D eigenvalue weighted by Crippen LogP contribution is 2.28. The topological polar surface area (TPSA) is 24.5 Å². The van der Waals surface area contributed by atoms with Crippen LogP contribution >= 0.6 is 0 Å². The zero-order valence-corrected chi connectivity index (χ0v) is 10.7. The molecule has 1 unspecified atom stereocenters. The Bertz CT molecular complexity index is 204. The van der Waals surface area contributed by atoms with Gasteiger partial charge in [-0.1, -0.05) is 13.8 Å². The molecule has 0 aromatic rings. The molecule has 3 heteroatoms. The lowest BCUT2D eigenvalue weighted by molar-refractivity contribution is 0.0592. The van der Waals surface area contributed by atoms with Crippen LogP contribution in [0.2, 0.25) is 0 Å². The lowest BCUT2D eigenvalue weighted by Gasteiger charge is -2.38. The highest BCUT2D eigenvalue weighted by molar-refractivity contribution is 4.82. The van der Waals surface area contributed by atoms with Crippen molar-refractivity contribution < 1.29 is 4.74 Å². The third-order valence-corrected chi connectivity index (χ3v) is 3.74. The second kappa shape index (κ2) is 5.99. The minimum atomic E-state index is 0.693. The maximum atomic E-state index is 5.73. The van der Waals surface area contributed by atoms with Gasteiger partial charge in [-0.3, -0.25) is 4.90 Å². The Morgan fingerprint density at radius 2 is 2.19 bits per heavy atom. The molecule has 0 spiro atoms. The Balaban J connectivity index is 1.64. The SMILES string of the molecule is CC(C)C1CNCCN1CCOCC1CC1. The van der Waals surface area contributed by atoms with E-state index in [2.05, 4.69) is 24.1 Å². The van der Waals surface area contributed by atoms with E-state index < -0.39 is 0 Å². The molecule has 0 bridgehead atoms. The normalized spacial score (nSPS) is 27.6. The van der Waals surface area contributed by atoms with Gasteiger partial charge in [0.1, 0.15) is 0 Å². The lowest BCUT2D eigenvalue weighted by Crippen LogP contribution is -2.54. The summed E-state index contributed by atoms with van der Waals surface area (Å²) in [6.45, 7) is 11.1. The highest BCUT2D eigenvalue weighted by Gasteiger charge is 2.25. The predicted molar refractivity (Wildman–Crippen MR) is 66.6 cm³/mol. The van der Waals surface area contributed by atoms with Crippen molar-refractivity contribution in [1.29, 1.82) is 0 Å². The van der Waals surface area contributed by atoms with Gasteiger partial charge in [0.05, 0.1) is 6.61 Å². The van der Waals surface area contributed by atoms with Crippen LogP contribution in [0.4, 0.5) is 0 Å². The monoisotopic (exact) mass is 226 g/mol. The first-order valence-corrected chi connectivity index (χ1v) is 6.80. The average molecular weight is 226 g/mol. The molecular formula is C13H26N2O. The van der Waals surface area contributed by atoms with Crippen LogP contribution in [-0.2, 0) is 4.74 Å². The van der Waals surface area contributed by atoms with Crippen molar-refractivity contribution >= 4 is 0 Å². The fourth-order valence-electron chi connectivity index (χ4n) is 2.42. The van der Waals surface area contributed by atoms with Crippen LogP contribution in [0.3, 0.4) is 0 Å². The summed E-state index contributed by atoms with van der Waals surface area (Å²) in [4.78, 5) is 2.59. The fourth-order valence-corrected chi connectivity index (χ4v) is 2.42. The quantitative estimate of drug-likeness (QED) is 0.692. The number of hydrogen-bond donors (Lipinski definition) is 1. The lowest BCUT2D eigenvalue weighted by atomic mass is 10.0. The molecule has 0 amide bonds. The number of piperazine rings is 1. The molecular weight excluding hydrogens is 200 g/mol. The van der Waals surface area contributed by atoms with Crippen molar-refractivity contribution in [3.05, 3.63) is 0 Å². The number of ether oxygens (including phenoxy) is 1. The largest absolute Gasteiger partial charge is 0.380 e. The van der Waals surface area contributed by atoms with E-state index in [9.17, 15) is 0 Å². The standard InChI is InChI=1S/C13H26N2O/c1-11(2)13-9-14-5-6-15(13)7-8-16-10-12-3-4-12/h11-14H,3-10H2,1-2H3. The zero-order valence-electron chi connectivity index (χ0n) is 10.7. The summed E-state index contributed by atoms with van der Waals surface area (Å²) < 4.78 is 5.73. The third kappa shape index (κ3) is 3.72. The minimum Gasteiger partial charge on any atom is -0.380 e. The van der Waals surface area contributed by atoms with Gasteiger partial charge in [-0.15, -0.1) is 0 Å². The summed E-state index contributed by atoms with van der Waals surface area (Å²) in [6.07, 6.45) is 2.78. The molecule has 94 valence electrons. The maximum Gasteiger partial charge on any atom is 0.0593 e. The summed E-state index contributed by atoms with van der Waals surface area (Å²) in [5.41, 5.74) is 0. The molecule has 1 saturated heterocycles. The van der Waals surface area contributed by atoms with Crippen molar-refractivity contribution in [2.45, 2.75) is 32.7 Å². The van der Waals surface area contributed by atoms with Crippen molar-refractivity contribution in [2.24, 2.45) is 11.8 Å². The molecule has 2 fully saturated rings. The summed E-state index contributed by atoms with van der Waals surface area (Å²) in [7, 11) is 0. The van der Waals surface area contributed by atoms with E-state index in [0.717, 1.165) is 44.7 Å². The zero-order chi connectivity index (χ0) is 11.4. The molecule has 0 aromatic carbocycles. The van der Waals surface area contributed by atoms with E-state index in [4.69, 9.17) is 4.74 Å². The van der Waals surface area contributed by atoms with Crippen molar-refractivity contribution in [1.82, 2.24) is 10.2 Å². The molecule has 2 rings (SSSR count). The van der Waals surface area contributed by atoms with Crippen LogP contribution in [0.5, 0.6) is 0 Å². The predicted octanol–water partition coefficient (Wildman–Crippen LogP) is 1.34. The Morgan fingerprint density at radius 1 is 1.38 bits per heavy atom. The average Bonchev–Trinajstić information content (AvgIpc) is 3.08. The van der Waals surface area contributed by atoms with Gasteiger partial charge in [0.25, 0.3) is 0 Å². The highest BCUT2D eigenvalue weighted by atomic mass is 16.5. The first-order valence-electron chi connectivity index (χ1n) is 6.80. The molecule has 1 atom stereocenters. The molecule has 1 aliphatic heterocycles.